The van der Waals surface area contributed by atoms with Gasteiger partial charge in [-0.15, -0.1) is 11.3 Å². The highest BCUT2D eigenvalue weighted by molar-refractivity contribution is 7.13. The zero-order valence-corrected chi connectivity index (χ0v) is 7.54. The van der Waals surface area contributed by atoms with Gasteiger partial charge >= 0.3 is 0 Å². The molecule has 0 saturated heterocycles. The van der Waals surface area contributed by atoms with Gasteiger partial charge in [0.05, 0.1) is 23.6 Å². The topological polar surface area (TPSA) is 49.8 Å². The van der Waals surface area contributed by atoms with E-state index in [9.17, 15) is 0 Å². The minimum Gasteiger partial charge on any atom is -0.439 e. The highest BCUT2D eigenvalue weighted by Gasteiger charge is 2.06. The van der Waals surface area contributed by atoms with Crippen LogP contribution < -0.4 is 0 Å². The minimum absolute atomic E-state index is 0.276. The Bertz CT molecular complexity index is 425. The third-order valence-electron chi connectivity index (χ3n) is 1.54. The van der Waals surface area contributed by atoms with Crippen molar-refractivity contribution in [2.45, 2.75) is 6.42 Å². The molecule has 0 amide bonds. The van der Waals surface area contributed by atoms with Crippen molar-refractivity contribution in [1.29, 1.82) is 5.26 Å². The van der Waals surface area contributed by atoms with Gasteiger partial charge in [-0.2, -0.15) is 5.26 Å². The molecule has 0 aliphatic rings. The highest BCUT2D eigenvalue weighted by atomic mass is 32.1. The first-order chi connectivity index (χ1) is 6.40. The van der Waals surface area contributed by atoms with Gasteiger partial charge < -0.3 is 4.42 Å². The van der Waals surface area contributed by atoms with E-state index < -0.39 is 0 Å². The number of oxazole rings is 1. The number of thiophene rings is 1. The fraction of sp³-hybridized carbons (Fsp3) is 0.111. The summed E-state index contributed by atoms with van der Waals surface area (Å²) in [6.45, 7) is 0. The van der Waals surface area contributed by atoms with Gasteiger partial charge in [0, 0.05) is 0 Å². The van der Waals surface area contributed by atoms with Crippen LogP contribution in [0.2, 0.25) is 0 Å². The van der Waals surface area contributed by atoms with Crippen molar-refractivity contribution >= 4 is 11.3 Å². The molecule has 0 fully saturated rings. The second-order valence-corrected chi connectivity index (χ2v) is 3.39. The molecule has 0 aliphatic heterocycles. The average Bonchev–Trinajstić information content (AvgIpc) is 2.70. The third-order valence-corrected chi connectivity index (χ3v) is 2.40. The maximum atomic E-state index is 8.42. The third kappa shape index (κ3) is 1.60. The van der Waals surface area contributed by atoms with Crippen LogP contribution in [0.1, 0.15) is 5.76 Å². The molecule has 3 nitrogen and oxygen atoms in total. The van der Waals surface area contributed by atoms with Crippen LogP contribution in [0.5, 0.6) is 0 Å². The maximum absolute atomic E-state index is 8.42. The van der Waals surface area contributed by atoms with Crippen molar-refractivity contribution in [2.75, 3.05) is 0 Å². The molecule has 0 atom stereocenters. The summed E-state index contributed by atoms with van der Waals surface area (Å²) in [6.07, 6.45) is 1.87. The molecular weight excluding hydrogens is 184 g/mol. The van der Waals surface area contributed by atoms with Crippen molar-refractivity contribution in [3.63, 3.8) is 0 Å². The lowest BCUT2D eigenvalue weighted by Crippen LogP contribution is -1.72. The first kappa shape index (κ1) is 8.02. The molecule has 64 valence electrons. The van der Waals surface area contributed by atoms with Gasteiger partial charge in [-0.05, 0) is 11.4 Å². The number of nitriles is 1. The number of hydrogen-bond acceptors (Lipinski definition) is 4. The fourth-order valence-corrected chi connectivity index (χ4v) is 1.64. The average molecular weight is 190 g/mol. The molecule has 0 bridgehead atoms. The molecule has 4 heteroatoms. The van der Waals surface area contributed by atoms with E-state index in [0.717, 1.165) is 4.88 Å². The summed E-state index contributed by atoms with van der Waals surface area (Å²) < 4.78 is 5.35. The first-order valence-electron chi connectivity index (χ1n) is 3.75. The fourth-order valence-electron chi connectivity index (χ4n) is 0.981. The number of aromatic nitrogens is 1. The molecule has 2 heterocycles. The molecule has 0 aromatic carbocycles. The second-order valence-electron chi connectivity index (χ2n) is 2.44. The van der Waals surface area contributed by atoms with E-state index in [1.54, 1.807) is 17.5 Å². The van der Waals surface area contributed by atoms with E-state index in [4.69, 9.17) is 9.68 Å². The SMILES string of the molecule is N#CCc1cnc(-c2cccs2)o1. The van der Waals surface area contributed by atoms with Crippen molar-refractivity contribution in [1.82, 2.24) is 4.98 Å². The monoisotopic (exact) mass is 190 g/mol. The van der Waals surface area contributed by atoms with Gasteiger partial charge in [0.1, 0.15) is 5.76 Å². The summed E-state index contributed by atoms with van der Waals surface area (Å²) in [5.74, 6) is 1.21. The second kappa shape index (κ2) is 3.42. The molecule has 2 aromatic heterocycles. The van der Waals surface area contributed by atoms with Gasteiger partial charge in [-0.1, -0.05) is 6.07 Å². The molecule has 0 saturated carbocycles. The van der Waals surface area contributed by atoms with Crippen LogP contribution in [0, 0.1) is 11.3 Å². The molecule has 0 radical (unpaired) electrons. The minimum atomic E-state index is 0.276. The van der Waals surface area contributed by atoms with Crippen LogP contribution in [0.15, 0.2) is 28.1 Å². The Morgan fingerprint density at radius 3 is 3.23 bits per heavy atom. The Hall–Kier alpha value is -1.60. The predicted octanol–water partition coefficient (Wildman–Crippen LogP) is 2.47. The molecular formula is C9H6N2OS. The van der Waals surface area contributed by atoms with Gasteiger partial charge in [0.25, 0.3) is 0 Å². The van der Waals surface area contributed by atoms with Crippen molar-refractivity contribution in [3.05, 3.63) is 29.5 Å². The number of rotatable bonds is 2. The number of hydrogen-bond donors (Lipinski definition) is 0. The zero-order chi connectivity index (χ0) is 9.10. The molecule has 13 heavy (non-hydrogen) atoms. The van der Waals surface area contributed by atoms with E-state index in [1.165, 1.54) is 0 Å². The van der Waals surface area contributed by atoms with Crippen molar-refractivity contribution in [2.24, 2.45) is 0 Å². The summed E-state index contributed by atoms with van der Waals surface area (Å²) in [5.41, 5.74) is 0. The van der Waals surface area contributed by atoms with Crippen LogP contribution in [0.25, 0.3) is 10.8 Å². The molecule has 0 N–H and O–H groups in total. The predicted molar refractivity (Wildman–Crippen MR) is 49.1 cm³/mol. The van der Waals surface area contributed by atoms with Crippen LogP contribution in [0.3, 0.4) is 0 Å². The summed E-state index contributed by atoms with van der Waals surface area (Å²) >= 11 is 1.57. The van der Waals surface area contributed by atoms with Crippen molar-refractivity contribution < 1.29 is 4.42 Å². The van der Waals surface area contributed by atoms with Crippen LogP contribution in [-0.4, -0.2) is 4.98 Å². The Kier molecular flexibility index (Phi) is 2.11. The Morgan fingerprint density at radius 2 is 2.54 bits per heavy atom. The van der Waals surface area contributed by atoms with E-state index >= 15 is 0 Å². The number of nitrogens with zero attached hydrogens (tertiary/aromatic N) is 2. The summed E-state index contributed by atoms with van der Waals surface area (Å²) in [4.78, 5) is 5.06. The molecule has 2 rings (SSSR count). The first-order valence-corrected chi connectivity index (χ1v) is 4.63. The summed E-state index contributed by atoms with van der Waals surface area (Å²) in [6, 6.07) is 5.89. The lowest BCUT2D eigenvalue weighted by atomic mass is 10.4. The standard InChI is InChI=1S/C9H6N2OS/c10-4-3-7-6-11-9(12-7)8-2-1-5-13-8/h1-2,5-6H,3H2. The highest BCUT2D eigenvalue weighted by Crippen LogP contribution is 2.23. The largest absolute Gasteiger partial charge is 0.439 e. The van der Waals surface area contributed by atoms with Gasteiger partial charge in [-0.3, -0.25) is 0 Å². The quantitative estimate of drug-likeness (QED) is 0.730. The molecule has 0 spiro atoms. The smallest absolute Gasteiger partial charge is 0.236 e. The van der Waals surface area contributed by atoms with E-state index in [2.05, 4.69) is 4.98 Å². The van der Waals surface area contributed by atoms with Crippen LogP contribution >= 0.6 is 11.3 Å². The lowest BCUT2D eigenvalue weighted by molar-refractivity contribution is 0.534. The molecule has 0 aliphatic carbocycles. The van der Waals surface area contributed by atoms with E-state index in [0.29, 0.717) is 11.7 Å². The summed E-state index contributed by atoms with van der Waals surface area (Å²) in [7, 11) is 0. The Labute approximate surface area is 79.3 Å². The Morgan fingerprint density at radius 1 is 1.62 bits per heavy atom. The van der Waals surface area contributed by atoms with Crippen LogP contribution in [0.4, 0.5) is 0 Å². The lowest BCUT2D eigenvalue weighted by Gasteiger charge is -1.86. The van der Waals surface area contributed by atoms with Crippen molar-refractivity contribution in [3.8, 4) is 16.8 Å². The zero-order valence-electron chi connectivity index (χ0n) is 6.73. The van der Waals surface area contributed by atoms with E-state index in [-0.39, 0.29) is 6.42 Å². The van der Waals surface area contributed by atoms with Gasteiger partial charge in [0.2, 0.25) is 5.89 Å². The summed E-state index contributed by atoms with van der Waals surface area (Å²) in [5, 5.41) is 10.4. The maximum Gasteiger partial charge on any atom is 0.236 e. The molecule has 2 aromatic rings. The van der Waals surface area contributed by atoms with Gasteiger partial charge in [-0.25, -0.2) is 4.98 Å². The Balaban J connectivity index is 2.29. The molecule has 0 unspecified atom stereocenters. The van der Waals surface area contributed by atoms with E-state index in [1.807, 2.05) is 23.6 Å². The van der Waals surface area contributed by atoms with Crippen LogP contribution in [-0.2, 0) is 6.42 Å². The van der Waals surface area contributed by atoms with Gasteiger partial charge in [0.15, 0.2) is 0 Å². The normalized spacial score (nSPS) is 9.77.